The second kappa shape index (κ2) is 8.58. The van der Waals surface area contributed by atoms with Crippen molar-refractivity contribution in [1.82, 2.24) is 15.6 Å². The number of nitrogens with zero attached hydrogens (tertiary/aromatic N) is 1. The number of benzene rings is 1. The minimum atomic E-state index is -2.94. The molecule has 0 aliphatic rings. The van der Waals surface area contributed by atoms with Gasteiger partial charge in [0.1, 0.15) is 9.84 Å². The third-order valence-electron chi connectivity index (χ3n) is 4.47. The molecule has 2 aromatic rings. The van der Waals surface area contributed by atoms with Crippen molar-refractivity contribution < 1.29 is 8.42 Å². The Bertz CT molecular complexity index is 853. The number of hydrogen-bond acceptors (Lipinski definition) is 3. The van der Waals surface area contributed by atoms with Crippen LogP contribution in [0.3, 0.4) is 0 Å². The molecular weight excluding hydrogens is 348 g/mol. The van der Waals surface area contributed by atoms with Crippen molar-refractivity contribution in [2.45, 2.75) is 26.7 Å². The van der Waals surface area contributed by atoms with Crippen LogP contribution >= 0.6 is 0 Å². The number of rotatable bonds is 8. The molecule has 7 heteroatoms. The molecule has 0 atom stereocenters. The average molecular weight is 379 g/mol. The molecule has 1 aromatic heterocycles. The molecule has 0 saturated carbocycles. The van der Waals surface area contributed by atoms with E-state index in [0.717, 1.165) is 24.4 Å². The van der Waals surface area contributed by atoms with Crippen LogP contribution in [0, 0.1) is 5.41 Å². The maximum atomic E-state index is 11.4. The van der Waals surface area contributed by atoms with E-state index in [2.05, 4.69) is 52.8 Å². The minimum Gasteiger partial charge on any atom is -0.361 e. The largest absolute Gasteiger partial charge is 0.361 e. The Morgan fingerprint density at radius 2 is 1.96 bits per heavy atom. The summed E-state index contributed by atoms with van der Waals surface area (Å²) in [7, 11) is -1.19. The molecule has 0 bridgehead atoms. The molecule has 26 heavy (non-hydrogen) atoms. The van der Waals surface area contributed by atoms with Crippen LogP contribution in [0.15, 0.2) is 35.5 Å². The van der Waals surface area contributed by atoms with Gasteiger partial charge >= 0.3 is 0 Å². The molecule has 0 saturated heterocycles. The number of aliphatic imine (C=N–C) groups is 1. The maximum absolute atomic E-state index is 11.4. The molecule has 1 heterocycles. The Morgan fingerprint density at radius 3 is 2.65 bits per heavy atom. The third kappa shape index (κ3) is 6.37. The van der Waals surface area contributed by atoms with Gasteiger partial charge in [-0.2, -0.15) is 0 Å². The molecule has 0 unspecified atom stereocenters. The van der Waals surface area contributed by atoms with E-state index in [1.54, 1.807) is 7.05 Å². The molecule has 2 rings (SSSR count). The molecule has 0 radical (unpaired) electrons. The van der Waals surface area contributed by atoms with Gasteiger partial charge in [0.2, 0.25) is 0 Å². The lowest BCUT2D eigenvalue weighted by molar-refractivity contribution is 0.348. The van der Waals surface area contributed by atoms with Gasteiger partial charge in [-0.25, -0.2) is 8.42 Å². The van der Waals surface area contributed by atoms with Crippen molar-refractivity contribution >= 4 is 26.7 Å². The molecule has 6 nitrogen and oxygen atoms in total. The Morgan fingerprint density at radius 1 is 1.23 bits per heavy atom. The molecule has 3 N–H and O–H groups in total. The van der Waals surface area contributed by atoms with Crippen molar-refractivity contribution in [3.8, 4) is 0 Å². The van der Waals surface area contributed by atoms with Gasteiger partial charge in [0.15, 0.2) is 5.96 Å². The summed E-state index contributed by atoms with van der Waals surface area (Å²) in [4.78, 5) is 7.54. The zero-order valence-corrected chi connectivity index (χ0v) is 16.9. The van der Waals surface area contributed by atoms with Gasteiger partial charge in [-0.05, 0) is 29.9 Å². The Labute approximate surface area is 156 Å². The van der Waals surface area contributed by atoms with Crippen LogP contribution in [0.4, 0.5) is 0 Å². The van der Waals surface area contributed by atoms with Crippen LogP contribution < -0.4 is 10.6 Å². The first-order chi connectivity index (χ1) is 12.2. The number of aromatic nitrogens is 1. The number of aromatic amines is 1. The lowest BCUT2D eigenvalue weighted by Crippen LogP contribution is -2.43. The van der Waals surface area contributed by atoms with Crippen LogP contribution in [-0.4, -0.2) is 51.5 Å². The van der Waals surface area contributed by atoms with Crippen molar-refractivity contribution in [3.05, 3.63) is 36.0 Å². The Kier molecular flexibility index (Phi) is 6.69. The predicted octanol–water partition coefficient (Wildman–Crippen LogP) is 2.34. The number of fused-ring (bicyclic) bond motifs is 1. The van der Waals surface area contributed by atoms with E-state index in [9.17, 15) is 8.42 Å². The summed E-state index contributed by atoms with van der Waals surface area (Å²) in [5.74, 6) is 0.936. The van der Waals surface area contributed by atoms with E-state index in [1.165, 1.54) is 17.2 Å². The predicted molar refractivity (Wildman–Crippen MR) is 109 cm³/mol. The molecule has 0 aliphatic carbocycles. The molecule has 1 aromatic carbocycles. The van der Waals surface area contributed by atoms with Crippen LogP contribution in [0.1, 0.15) is 25.8 Å². The molecule has 0 spiro atoms. The average Bonchev–Trinajstić information content (AvgIpc) is 2.99. The number of para-hydroxylation sites is 1. The zero-order chi connectivity index (χ0) is 19.2. The second-order valence-corrected chi connectivity index (χ2v) is 9.77. The van der Waals surface area contributed by atoms with Gasteiger partial charge in [-0.15, -0.1) is 0 Å². The van der Waals surface area contributed by atoms with Gasteiger partial charge in [0.25, 0.3) is 0 Å². The quantitative estimate of drug-likeness (QED) is 0.486. The summed E-state index contributed by atoms with van der Waals surface area (Å²) in [6.07, 6.45) is 4.84. The van der Waals surface area contributed by atoms with Crippen LogP contribution in [-0.2, 0) is 16.3 Å². The normalized spacial score (nSPS) is 13.2. The minimum absolute atomic E-state index is 0.127. The smallest absolute Gasteiger partial charge is 0.191 e. The highest BCUT2D eigenvalue weighted by molar-refractivity contribution is 7.90. The van der Waals surface area contributed by atoms with Gasteiger partial charge < -0.3 is 15.6 Å². The fraction of sp³-hybridized carbons (Fsp3) is 0.526. The lowest BCUT2D eigenvalue weighted by atomic mass is 9.90. The number of H-pyrrole nitrogens is 1. The zero-order valence-electron chi connectivity index (χ0n) is 16.1. The van der Waals surface area contributed by atoms with Crippen LogP contribution in [0.2, 0.25) is 0 Å². The van der Waals surface area contributed by atoms with Gasteiger partial charge in [0, 0.05) is 43.5 Å². The Hall–Kier alpha value is -2.02. The van der Waals surface area contributed by atoms with Crippen LogP contribution in [0.5, 0.6) is 0 Å². The number of guanidine groups is 1. The fourth-order valence-corrected chi connectivity index (χ4v) is 3.67. The molecular formula is C19H30N4O2S. The number of sulfone groups is 1. The standard InChI is InChI=1S/C19H30N4O2S/c1-19(2,10-12-26(4,24)25)14-23-18(20-3)21-11-9-15-13-22-17-8-6-5-7-16(15)17/h5-8,13,22H,9-12,14H2,1-4H3,(H2,20,21,23). The first kappa shape index (κ1) is 20.3. The molecule has 0 amide bonds. The van der Waals surface area contributed by atoms with E-state index < -0.39 is 9.84 Å². The fourth-order valence-electron chi connectivity index (χ4n) is 2.75. The highest BCUT2D eigenvalue weighted by atomic mass is 32.2. The molecule has 0 aliphatic heterocycles. The van der Waals surface area contributed by atoms with E-state index >= 15 is 0 Å². The summed E-state index contributed by atoms with van der Waals surface area (Å²) in [6, 6.07) is 8.27. The summed E-state index contributed by atoms with van der Waals surface area (Å²) in [6.45, 7) is 5.55. The van der Waals surface area contributed by atoms with Crippen molar-refractivity contribution in [2.75, 3.05) is 32.1 Å². The lowest BCUT2D eigenvalue weighted by Gasteiger charge is -2.25. The van der Waals surface area contributed by atoms with E-state index in [0.29, 0.717) is 13.0 Å². The van der Waals surface area contributed by atoms with Crippen molar-refractivity contribution in [1.29, 1.82) is 0 Å². The summed E-state index contributed by atoms with van der Waals surface area (Å²) in [5.41, 5.74) is 2.30. The number of hydrogen-bond donors (Lipinski definition) is 3. The van der Waals surface area contributed by atoms with Gasteiger partial charge in [-0.3, -0.25) is 4.99 Å². The molecule has 0 fully saturated rings. The third-order valence-corrected chi connectivity index (χ3v) is 5.42. The number of nitrogens with one attached hydrogen (secondary N) is 3. The van der Waals surface area contributed by atoms with E-state index in [1.807, 2.05) is 12.1 Å². The highest BCUT2D eigenvalue weighted by Gasteiger charge is 2.20. The van der Waals surface area contributed by atoms with E-state index in [4.69, 9.17) is 0 Å². The van der Waals surface area contributed by atoms with Crippen molar-refractivity contribution in [2.24, 2.45) is 10.4 Å². The van der Waals surface area contributed by atoms with Gasteiger partial charge in [-0.1, -0.05) is 32.0 Å². The maximum Gasteiger partial charge on any atom is 0.191 e. The summed E-state index contributed by atoms with van der Waals surface area (Å²) in [5, 5.41) is 7.87. The first-order valence-corrected chi connectivity index (χ1v) is 10.9. The SMILES string of the molecule is CN=C(NCCc1c[nH]c2ccccc12)NCC(C)(C)CCS(C)(=O)=O. The second-order valence-electron chi connectivity index (χ2n) is 7.51. The first-order valence-electron chi connectivity index (χ1n) is 8.87. The monoisotopic (exact) mass is 378 g/mol. The Balaban J connectivity index is 1.80. The summed E-state index contributed by atoms with van der Waals surface area (Å²) < 4.78 is 22.7. The highest BCUT2D eigenvalue weighted by Crippen LogP contribution is 2.20. The molecule has 144 valence electrons. The van der Waals surface area contributed by atoms with Gasteiger partial charge in [0.05, 0.1) is 5.75 Å². The topological polar surface area (TPSA) is 86.3 Å². The van der Waals surface area contributed by atoms with E-state index in [-0.39, 0.29) is 11.2 Å². The summed E-state index contributed by atoms with van der Waals surface area (Å²) >= 11 is 0. The van der Waals surface area contributed by atoms with Crippen LogP contribution in [0.25, 0.3) is 10.9 Å². The van der Waals surface area contributed by atoms with Crippen molar-refractivity contribution in [3.63, 3.8) is 0 Å².